The molecule has 1 fully saturated rings. The fourth-order valence-corrected chi connectivity index (χ4v) is 1.29. The van der Waals surface area contributed by atoms with E-state index in [1.807, 2.05) is 0 Å². The number of imide groups is 1. The molecular formula is C8H9N5O2. The van der Waals surface area contributed by atoms with Crippen LogP contribution in [0.4, 0.5) is 11.8 Å². The zero-order valence-electron chi connectivity index (χ0n) is 7.80. The van der Waals surface area contributed by atoms with Gasteiger partial charge >= 0.3 is 0 Å². The average molecular weight is 207 g/mol. The monoisotopic (exact) mass is 207 g/mol. The standard InChI is InChI=1S/C8H9N5O2/c9-5-1-2-10-8(11-5)13-3-6(14)12-7(15)4-13/h1-2H,3-4H2,(H2,9,10,11)(H,12,14,15). The number of hydrogen-bond donors (Lipinski definition) is 2. The molecule has 0 radical (unpaired) electrons. The van der Waals surface area contributed by atoms with Crippen LogP contribution < -0.4 is 16.0 Å². The van der Waals surface area contributed by atoms with Crippen molar-refractivity contribution in [3.63, 3.8) is 0 Å². The van der Waals surface area contributed by atoms with Crippen LogP contribution in [0.3, 0.4) is 0 Å². The normalized spacial score (nSPS) is 16.4. The van der Waals surface area contributed by atoms with Crippen molar-refractivity contribution in [3.05, 3.63) is 12.3 Å². The number of carbonyl (C=O) groups is 2. The van der Waals surface area contributed by atoms with Gasteiger partial charge in [0.05, 0.1) is 0 Å². The Kier molecular flexibility index (Phi) is 2.20. The maximum absolute atomic E-state index is 11.1. The molecular weight excluding hydrogens is 198 g/mol. The van der Waals surface area contributed by atoms with E-state index in [9.17, 15) is 9.59 Å². The molecule has 3 N–H and O–H groups in total. The lowest BCUT2D eigenvalue weighted by molar-refractivity contribution is -0.130. The van der Waals surface area contributed by atoms with E-state index in [0.717, 1.165) is 0 Å². The Morgan fingerprint density at radius 2 is 2.00 bits per heavy atom. The lowest BCUT2D eigenvalue weighted by Gasteiger charge is -2.25. The Morgan fingerprint density at radius 3 is 2.60 bits per heavy atom. The molecule has 0 atom stereocenters. The predicted molar refractivity (Wildman–Crippen MR) is 51.8 cm³/mol. The Labute approximate surface area is 85.3 Å². The minimum Gasteiger partial charge on any atom is -0.384 e. The van der Waals surface area contributed by atoms with Crippen molar-refractivity contribution in [1.29, 1.82) is 0 Å². The van der Waals surface area contributed by atoms with Crippen LogP contribution in [0.2, 0.25) is 0 Å². The zero-order valence-corrected chi connectivity index (χ0v) is 7.80. The second kappa shape index (κ2) is 3.52. The van der Waals surface area contributed by atoms with E-state index >= 15 is 0 Å². The maximum atomic E-state index is 11.1. The van der Waals surface area contributed by atoms with Gasteiger partial charge in [-0.2, -0.15) is 4.98 Å². The summed E-state index contributed by atoms with van der Waals surface area (Å²) >= 11 is 0. The molecule has 1 saturated heterocycles. The number of nitrogens with zero attached hydrogens (tertiary/aromatic N) is 3. The lowest BCUT2D eigenvalue weighted by atomic mass is 10.3. The molecule has 7 nitrogen and oxygen atoms in total. The summed E-state index contributed by atoms with van der Waals surface area (Å²) in [5, 5.41) is 2.19. The second-order valence-corrected chi connectivity index (χ2v) is 3.11. The summed E-state index contributed by atoms with van der Waals surface area (Å²) in [6, 6.07) is 1.54. The largest absolute Gasteiger partial charge is 0.384 e. The molecule has 0 aliphatic carbocycles. The van der Waals surface area contributed by atoms with Crippen molar-refractivity contribution in [2.75, 3.05) is 23.7 Å². The van der Waals surface area contributed by atoms with Gasteiger partial charge in [0.2, 0.25) is 17.8 Å². The van der Waals surface area contributed by atoms with Crippen molar-refractivity contribution in [2.45, 2.75) is 0 Å². The van der Waals surface area contributed by atoms with Gasteiger partial charge in [-0.15, -0.1) is 0 Å². The highest BCUT2D eigenvalue weighted by Crippen LogP contribution is 2.09. The third-order valence-corrected chi connectivity index (χ3v) is 1.90. The van der Waals surface area contributed by atoms with Gasteiger partial charge in [0, 0.05) is 6.20 Å². The topological polar surface area (TPSA) is 101 Å². The fourth-order valence-electron chi connectivity index (χ4n) is 1.29. The minimum atomic E-state index is -0.364. The third kappa shape index (κ3) is 2.01. The molecule has 1 aromatic heterocycles. The molecule has 1 aliphatic heterocycles. The number of carbonyl (C=O) groups excluding carboxylic acids is 2. The summed E-state index contributed by atoms with van der Waals surface area (Å²) in [6.45, 7) is 0.129. The van der Waals surface area contributed by atoms with Crippen LogP contribution in [0.25, 0.3) is 0 Å². The summed E-state index contributed by atoms with van der Waals surface area (Å²) in [4.78, 5) is 31.5. The Hall–Kier alpha value is -2.18. The maximum Gasteiger partial charge on any atom is 0.246 e. The molecule has 2 heterocycles. The van der Waals surface area contributed by atoms with E-state index < -0.39 is 0 Å². The van der Waals surface area contributed by atoms with Gasteiger partial charge in [-0.25, -0.2) is 4.98 Å². The number of nitrogens with one attached hydrogen (secondary N) is 1. The van der Waals surface area contributed by atoms with Crippen molar-refractivity contribution in [2.24, 2.45) is 0 Å². The first-order valence-corrected chi connectivity index (χ1v) is 4.31. The van der Waals surface area contributed by atoms with Crippen LogP contribution in [0.15, 0.2) is 12.3 Å². The molecule has 2 amide bonds. The van der Waals surface area contributed by atoms with E-state index in [1.54, 1.807) is 0 Å². The van der Waals surface area contributed by atoms with Gasteiger partial charge in [0.25, 0.3) is 0 Å². The summed E-state index contributed by atoms with van der Waals surface area (Å²) < 4.78 is 0. The molecule has 15 heavy (non-hydrogen) atoms. The first kappa shape index (κ1) is 9.38. The van der Waals surface area contributed by atoms with Crippen LogP contribution >= 0.6 is 0 Å². The van der Waals surface area contributed by atoms with Gasteiger partial charge in [-0.3, -0.25) is 14.9 Å². The van der Waals surface area contributed by atoms with Gasteiger partial charge in [-0.05, 0) is 6.07 Å². The van der Waals surface area contributed by atoms with Crippen molar-refractivity contribution < 1.29 is 9.59 Å². The summed E-state index contributed by atoms with van der Waals surface area (Å²) in [6.07, 6.45) is 1.48. The quantitative estimate of drug-likeness (QED) is 0.545. The lowest BCUT2D eigenvalue weighted by Crippen LogP contribution is -2.52. The van der Waals surface area contributed by atoms with Gasteiger partial charge in [-0.1, -0.05) is 0 Å². The molecule has 7 heteroatoms. The number of nitrogens with two attached hydrogens (primary N) is 1. The van der Waals surface area contributed by atoms with E-state index in [0.29, 0.717) is 11.8 Å². The number of amides is 2. The van der Waals surface area contributed by atoms with Crippen LogP contribution in [0.5, 0.6) is 0 Å². The Morgan fingerprint density at radius 1 is 1.33 bits per heavy atom. The smallest absolute Gasteiger partial charge is 0.246 e. The van der Waals surface area contributed by atoms with Crippen LogP contribution in [0, 0.1) is 0 Å². The van der Waals surface area contributed by atoms with Crippen LogP contribution in [-0.2, 0) is 9.59 Å². The molecule has 0 bridgehead atoms. The Balaban J connectivity index is 2.23. The van der Waals surface area contributed by atoms with Gasteiger partial charge in [0.15, 0.2) is 0 Å². The molecule has 1 aromatic rings. The first-order chi connectivity index (χ1) is 7.15. The van der Waals surface area contributed by atoms with Crippen LogP contribution in [0.1, 0.15) is 0 Å². The number of nitrogen functional groups attached to an aromatic ring is 1. The first-order valence-electron chi connectivity index (χ1n) is 4.31. The highest BCUT2D eigenvalue weighted by Gasteiger charge is 2.24. The SMILES string of the molecule is Nc1ccnc(N2CC(=O)NC(=O)C2)n1. The number of hydrogen-bond acceptors (Lipinski definition) is 6. The summed E-state index contributed by atoms with van der Waals surface area (Å²) in [7, 11) is 0. The van der Waals surface area contributed by atoms with Crippen molar-refractivity contribution in [3.8, 4) is 0 Å². The number of aromatic nitrogens is 2. The van der Waals surface area contributed by atoms with Gasteiger partial charge < -0.3 is 10.6 Å². The average Bonchev–Trinajstić information content (AvgIpc) is 2.16. The zero-order chi connectivity index (χ0) is 10.8. The predicted octanol–water partition coefficient (Wildman–Crippen LogP) is -1.48. The van der Waals surface area contributed by atoms with E-state index in [2.05, 4.69) is 15.3 Å². The molecule has 2 rings (SSSR count). The van der Waals surface area contributed by atoms with E-state index in [1.165, 1.54) is 17.2 Å². The fraction of sp³-hybridized carbons (Fsp3) is 0.250. The number of piperazine rings is 1. The molecule has 0 aromatic carbocycles. The molecule has 1 aliphatic rings. The highest BCUT2D eigenvalue weighted by molar-refractivity contribution is 6.02. The summed E-state index contributed by atoms with van der Waals surface area (Å²) in [5.74, 6) is -0.133. The van der Waals surface area contributed by atoms with E-state index in [4.69, 9.17) is 5.73 Å². The van der Waals surface area contributed by atoms with E-state index in [-0.39, 0.29) is 24.9 Å². The van der Waals surface area contributed by atoms with Crippen molar-refractivity contribution in [1.82, 2.24) is 15.3 Å². The Bertz CT molecular complexity index is 403. The van der Waals surface area contributed by atoms with Gasteiger partial charge in [0.1, 0.15) is 18.9 Å². The van der Waals surface area contributed by atoms with Crippen molar-refractivity contribution >= 4 is 23.6 Å². The molecule has 78 valence electrons. The molecule has 0 saturated carbocycles. The minimum absolute atomic E-state index is 0.0647. The second-order valence-electron chi connectivity index (χ2n) is 3.11. The number of rotatable bonds is 1. The summed E-state index contributed by atoms with van der Waals surface area (Å²) in [5.41, 5.74) is 5.47. The molecule has 0 unspecified atom stereocenters. The highest BCUT2D eigenvalue weighted by atomic mass is 16.2. The van der Waals surface area contributed by atoms with Crippen LogP contribution in [-0.4, -0.2) is 34.9 Å². The molecule has 0 spiro atoms. The third-order valence-electron chi connectivity index (χ3n) is 1.90. The number of anilines is 2.